The first-order chi connectivity index (χ1) is 6.83. The quantitative estimate of drug-likeness (QED) is 0.744. The number of rotatable bonds is 1. The summed E-state index contributed by atoms with van der Waals surface area (Å²) in [6.07, 6.45) is 0.524. The Labute approximate surface area is 83.1 Å². The van der Waals surface area contributed by atoms with Crippen LogP contribution in [0.4, 0.5) is 10.1 Å². The van der Waals surface area contributed by atoms with E-state index >= 15 is 0 Å². The molecule has 3 heteroatoms. The third kappa shape index (κ3) is 1.54. The van der Waals surface area contributed by atoms with Gasteiger partial charge in [0.2, 0.25) is 0 Å². The van der Waals surface area contributed by atoms with Crippen LogP contribution in [0.3, 0.4) is 0 Å². The molecule has 1 aromatic rings. The fourth-order valence-electron chi connectivity index (χ4n) is 1.85. The summed E-state index contributed by atoms with van der Waals surface area (Å²) in [6, 6.07) is 5.58. The summed E-state index contributed by atoms with van der Waals surface area (Å²) in [6.45, 7) is 0.834. The van der Waals surface area contributed by atoms with Gasteiger partial charge in [0.05, 0.1) is 12.7 Å². The zero-order chi connectivity index (χ0) is 9.97. The van der Waals surface area contributed by atoms with E-state index in [1.54, 1.807) is 13.2 Å². The lowest BCUT2D eigenvalue weighted by Crippen LogP contribution is -2.00. The Morgan fingerprint density at radius 2 is 2.36 bits per heavy atom. The molecule has 1 unspecified atom stereocenters. The summed E-state index contributed by atoms with van der Waals surface area (Å²) in [5.41, 5.74) is 1.54. The van der Waals surface area contributed by atoms with Gasteiger partial charge in [0.15, 0.2) is 0 Å². The molecule has 1 aliphatic heterocycles. The molecule has 1 heterocycles. The topological polar surface area (TPSA) is 21.3 Å². The maximum Gasteiger partial charge on any atom is 0.131 e. The van der Waals surface area contributed by atoms with Crippen molar-refractivity contribution in [2.45, 2.75) is 19.0 Å². The third-order valence-electron chi connectivity index (χ3n) is 2.55. The highest BCUT2D eigenvalue weighted by atomic mass is 19.1. The summed E-state index contributed by atoms with van der Waals surface area (Å²) in [5.74, 6) is 0.643. The number of methoxy groups -OCH3 is 1. The Bertz CT molecular complexity index is 327. The normalized spacial score (nSPS) is 20.6. The molecule has 14 heavy (non-hydrogen) atoms. The molecule has 1 aliphatic rings. The molecule has 0 aromatic heterocycles. The minimum atomic E-state index is -0.906. The lowest BCUT2D eigenvalue weighted by molar-refractivity contribution is 0.309. The van der Waals surface area contributed by atoms with Crippen LogP contribution in [0.1, 0.15) is 24.6 Å². The van der Waals surface area contributed by atoms with Crippen LogP contribution in [0, 0.1) is 0 Å². The van der Waals surface area contributed by atoms with Crippen LogP contribution in [-0.2, 0) is 0 Å². The first-order valence-electron chi connectivity index (χ1n) is 4.88. The van der Waals surface area contributed by atoms with E-state index in [2.05, 4.69) is 5.32 Å². The van der Waals surface area contributed by atoms with Crippen molar-refractivity contribution in [2.24, 2.45) is 0 Å². The summed E-state index contributed by atoms with van der Waals surface area (Å²) in [4.78, 5) is 0. The van der Waals surface area contributed by atoms with E-state index in [-0.39, 0.29) is 0 Å². The first kappa shape index (κ1) is 9.31. The standard InChI is InChI=1S/C11H14FNO/c1-14-10-6-2-5-9-11(10)8(12)4-3-7-13-9/h2,5-6,8,13H,3-4,7H2,1H3. The van der Waals surface area contributed by atoms with Gasteiger partial charge in [0.25, 0.3) is 0 Å². The van der Waals surface area contributed by atoms with Gasteiger partial charge in [-0.2, -0.15) is 0 Å². The second-order valence-corrected chi connectivity index (χ2v) is 3.46. The van der Waals surface area contributed by atoms with Crippen molar-refractivity contribution in [2.75, 3.05) is 19.0 Å². The second kappa shape index (κ2) is 3.86. The van der Waals surface area contributed by atoms with Gasteiger partial charge >= 0.3 is 0 Å². The molecule has 1 N–H and O–H groups in total. The van der Waals surface area contributed by atoms with Crippen LogP contribution in [0.25, 0.3) is 0 Å². The SMILES string of the molecule is COc1cccc2c1C(F)CCCN2. The van der Waals surface area contributed by atoms with Crippen molar-refractivity contribution in [3.63, 3.8) is 0 Å². The van der Waals surface area contributed by atoms with Crippen LogP contribution in [0.15, 0.2) is 18.2 Å². The molecule has 0 aliphatic carbocycles. The van der Waals surface area contributed by atoms with Crippen LogP contribution < -0.4 is 10.1 Å². The van der Waals surface area contributed by atoms with E-state index in [9.17, 15) is 4.39 Å². The Hall–Kier alpha value is -1.25. The number of fused-ring (bicyclic) bond motifs is 1. The van der Waals surface area contributed by atoms with Crippen molar-refractivity contribution >= 4 is 5.69 Å². The van der Waals surface area contributed by atoms with Gasteiger partial charge in [0.1, 0.15) is 11.9 Å². The molecular weight excluding hydrogens is 181 g/mol. The second-order valence-electron chi connectivity index (χ2n) is 3.46. The molecule has 0 radical (unpaired) electrons. The van der Waals surface area contributed by atoms with Gasteiger partial charge in [-0.15, -0.1) is 0 Å². The maximum atomic E-state index is 13.8. The lowest BCUT2D eigenvalue weighted by atomic mass is 10.0. The monoisotopic (exact) mass is 195 g/mol. The van der Waals surface area contributed by atoms with E-state index in [0.29, 0.717) is 17.7 Å². The van der Waals surface area contributed by atoms with Crippen LogP contribution in [0.2, 0.25) is 0 Å². The largest absolute Gasteiger partial charge is 0.496 e. The highest BCUT2D eigenvalue weighted by molar-refractivity contribution is 5.59. The molecule has 2 rings (SSSR count). The first-order valence-corrected chi connectivity index (χ1v) is 4.88. The molecule has 76 valence electrons. The molecular formula is C11H14FNO. The van der Waals surface area contributed by atoms with Crippen molar-refractivity contribution < 1.29 is 9.13 Å². The lowest BCUT2D eigenvalue weighted by Gasteiger charge is -2.13. The molecule has 1 aromatic carbocycles. The fraction of sp³-hybridized carbons (Fsp3) is 0.455. The van der Waals surface area contributed by atoms with E-state index in [1.807, 2.05) is 12.1 Å². The molecule has 0 bridgehead atoms. The predicted molar refractivity (Wildman–Crippen MR) is 54.6 cm³/mol. The van der Waals surface area contributed by atoms with Gasteiger partial charge in [-0.1, -0.05) is 6.07 Å². The number of hydrogen-bond donors (Lipinski definition) is 1. The van der Waals surface area contributed by atoms with Gasteiger partial charge < -0.3 is 10.1 Å². The molecule has 0 spiro atoms. The van der Waals surface area contributed by atoms with E-state index in [4.69, 9.17) is 4.74 Å². The summed E-state index contributed by atoms with van der Waals surface area (Å²) < 4.78 is 18.9. The van der Waals surface area contributed by atoms with Gasteiger partial charge in [-0.3, -0.25) is 0 Å². The smallest absolute Gasteiger partial charge is 0.131 e. The summed E-state index contributed by atoms with van der Waals surface area (Å²) >= 11 is 0. The van der Waals surface area contributed by atoms with Crippen molar-refractivity contribution in [3.8, 4) is 5.75 Å². The molecule has 1 atom stereocenters. The molecule has 0 saturated heterocycles. The third-order valence-corrected chi connectivity index (χ3v) is 2.55. The number of hydrogen-bond acceptors (Lipinski definition) is 2. The summed E-state index contributed by atoms with van der Waals surface area (Å²) in [5, 5.41) is 3.21. The number of alkyl halides is 1. The van der Waals surface area contributed by atoms with E-state index < -0.39 is 6.17 Å². The number of halogens is 1. The molecule has 2 nitrogen and oxygen atoms in total. The number of anilines is 1. The zero-order valence-electron chi connectivity index (χ0n) is 8.22. The van der Waals surface area contributed by atoms with Gasteiger partial charge in [0, 0.05) is 12.2 Å². The molecule has 0 amide bonds. The van der Waals surface area contributed by atoms with Gasteiger partial charge in [-0.05, 0) is 25.0 Å². The Morgan fingerprint density at radius 1 is 1.50 bits per heavy atom. The maximum absolute atomic E-state index is 13.8. The number of ether oxygens (including phenoxy) is 1. The molecule has 0 saturated carbocycles. The molecule has 0 fully saturated rings. The van der Waals surface area contributed by atoms with Crippen molar-refractivity contribution in [1.82, 2.24) is 0 Å². The Balaban J connectivity index is 2.47. The van der Waals surface area contributed by atoms with Crippen molar-refractivity contribution in [3.05, 3.63) is 23.8 Å². The average Bonchev–Trinajstić information content (AvgIpc) is 2.40. The van der Waals surface area contributed by atoms with Crippen LogP contribution in [0.5, 0.6) is 5.75 Å². The van der Waals surface area contributed by atoms with Crippen LogP contribution >= 0.6 is 0 Å². The highest BCUT2D eigenvalue weighted by Gasteiger charge is 2.21. The highest BCUT2D eigenvalue weighted by Crippen LogP contribution is 2.38. The van der Waals surface area contributed by atoms with E-state index in [0.717, 1.165) is 18.7 Å². The zero-order valence-corrected chi connectivity index (χ0v) is 8.22. The predicted octanol–water partition coefficient (Wildman–Crippen LogP) is 2.91. The Morgan fingerprint density at radius 3 is 3.14 bits per heavy atom. The Kier molecular flexibility index (Phi) is 2.57. The van der Waals surface area contributed by atoms with Crippen molar-refractivity contribution in [1.29, 1.82) is 0 Å². The minimum absolute atomic E-state index is 0.570. The summed E-state index contributed by atoms with van der Waals surface area (Å²) in [7, 11) is 1.58. The fourth-order valence-corrected chi connectivity index (χ4v) is 1.85. The van der Waals surface area contributed by atoms with Crippen LogP contribution in [-0.4, -0.2) is 13.7 Å². The number of benzene rings is 1. The average molecular weight is 195 g/mol. The van der Waals surface area contributed by atoms with E-state index in [1.165, 1.54) is 0 Å². The van der Waals surface area contributed by atoms with Gasteiger partial charge in [-0.25, -0.2) is 4.39 Å². The number of nitrogens with one attached hydrogen (secondary N) is 1. The minimum Gasteiger partial charge on any atom is -0.496 e.